The zero-order valence-electron chi connectivity index (χ0n) is 18.3. The highest BCUT2D eigenvalue weighted by Crippen LogP contribution is 2.24. The molecule has 0 fully saturated rings. The normalized spacial score (nSPS) is 11.4. The summed E-state index contributed by atoms with van der Waals surface area (Å²) in [5.41, 5.74) is 1.23. The maximum Gasteiger partial charge on any atom is 0.337 e. The van der Waals surface area contributed by atoms with Crippen LogP contribution in [0.15, 0.2) is 64.4 Å². The first-order valence-electron chi connectivity index (χ1n) is 10.5. The number of rotatable bonds is 7. The zero-order valence-corrected chi connectivity index (χ0v) is 19.0. The number of hydrogen-bond acceptors (Lipinski definition) is 4. The molecule has 0 atom stereocenters. The topological polar surface area (TPSA) is 71.1 Å². The zero-order chi connectivity index (χ0) is 22.8. The molecule has 7 nitrogen and oxygen atoms in total. The Bertz CT molecular complexity index is 1380. The van der Waals surface area contributed by atoms with Gasteiger partial charge in [0.1, 0.15) is 5.75 Å². The fraction of sp³-hybridized carbons (Fsp3) is 0.292. The minimum absolute atomic E-state index is 0.289. The Kier molecular flexibility index (Phi) is 6.19. The van der Waals surface area contributed by atoms with E-state index < -0.39 is 5.69 Å². The SMILES string of the molecule is COc1ccccc1-n1c(=O)n(CCC(C)C)c(=O)c2c1ncn2Cc1ccccc1Cl. The van der Waals surface area contributed by atoms with Crippen molar-refractivity contribution in [3.8, 4) is 11.4 Å². The van der Waals surface area contributed by atoms with E-state index in [1.807, 2.05) is 36.4 Å². The number of ether oxygens (including phenoxy) is 1. The number of para-hydroxylation sites is 2. The molecule has 0 saturated heterocycles. The van der Waals surface area contributed by atoms with Crippen molar-refractivity contribution in [1.29, 1.82) is 0 Å². The average Bonchev–Trinajstić information content (AvgIpc) is 3.19. The summed E-state index contributed by atoms with van der Waals surface area (Å²) in [6.07, 6.45) is 2.28. The first kappa shape index (κ1) is 21.9. The van der Waals surface area contributed by atoms with Crippen LogP contribution in [0.5, 0.6) is 5.75 Å². The first-order valence-corrected chi connectivity index (χ1v) is 10.9. The lowest BCUT2D eigenvalue weighted by Gasteiger charge is -2.15. The third-order valence-corrected chi connectivity index (χ3v) is 5.82. The van der Waals surface area contributed by atoms with Crippen LogP contribution in [0.4, 0.5) is 0 Å². The van der Waals surface area contributed by atoms with E-state index in [1.165, 1.54) is 9.13 Å². The number of nitrogens with zero attached hydrogens (tertiary/aromatic N) is 4. The second kappa shape index (κ2) is 9.04. The number of fused-ring (bicyclic) bond motifs is 1. The van der Waals surface area contributed by atoms with Gasteiger partial charge in [-0.3, -0.25) is 9.36 Å². The molecule has 0 radical (unpaired) electrons. The highest BCUT2D eigenvalue weighted by atomic mass is 35.5. The van der Waals surface area contributed by atoms with Gasteiger partial charge < -0.3 is 9.30 Å². The van der Waals surface area contributed by atoms with Crippen molar-refractivity contribution < 1.29 is 4.74 Å². The van der Waals surface area contributed by atoms with Crippen molar-refractivity contribution in [3.63, 3.8) is 0 Å². The van der Waals surface area contributed by atoms with Gasteiger partial charge in [0.15, 0.2) is 11.2 Å². The molecular weight excluding hydrogens is 428 g/mol. The molecule has 0 spiro atoms. The van der Waals surface area contributed by atoms with Gasteiger partial charge in [0.25, 0.3) is 5.56 Å². The van der Waals surface area contributed by atoms with Crippen molar-refractivity contribution >= 4 is 22.8 Å². The Morgan fingerprint density at radius 1 is 1.06 bits per heavy atom. The molecule has 2 aromatic carbocycles. The summed E-state index contributed by atoms with van der Waals surface area (Å²) in [4.78, 5) is 31.5. The monoisotopic (exact) mass is 452 g/mol. The molecular formula is C24H25ClN4O3. The van der Waals surface area contributed by atoms with Crippen LogP contribution in [-0.4, -0.2) is 25.8 Å². The highest BCUT2D eigenvalue weighted by molar-refractivity contribution is 6.31. The fourth-order valence-corrected chi connectivity index (χ4v) is 3.92. The summed E-state index contributed by atoms with van der Waals surface area (Å²) in [6.45, 7) is 4.80. The van der Waals surface area contributed by atoms with Crippen molar-refractivity contribution in [2.24, 2.45) is 5.92 Å². The van der Waals surface area contributed by atoms with Gasteiger partial charge in [0.2, 0.25) is 0 Å². The summed E-state index contributed by atoms with van der Waals surface area (Å²) in [5.74, 6) is 0.857. The molecule has 0 bridgehead atoms. The van der Waals surface area contributed by atoms with Gasteiger partial charge in [-0.2, -0.15) is 0 Å². The van der Waals surface area contributed by atoms with Gasteiger partial charge in [-0.15, -0.1) is 0 Å². The molecule has 4 rings (SSSR count). The molecule has 8 heteroatoms. The van der Waals surface area contributed by atoms with Crippen LogP contribution in [0.3, 0.4) is 0 Å². The van der Waals surface area contributed by atoms with Crippen LogP contribution in [0, 0.1) is 5.92 Å². The minimum Gasteiger partial charge on any atom is -0.495 e. The molecule has 166 valence electrons. The van der Waals surface area contributed by atoms with E-state index in [1.54, 1.807) is 30.1 Å². The van der Waals surface area contributed by atoms with E-state index in [-0.39, 0.29) is 11.2 Å². The van der Waals surface area contributed by atoms with E-state index >= 15 is 0 Å². The van der Waals surface area contributed by atoms with Crippen molar-refractivity contribution in [2.45, 2.75) is 33.4 Å². The lowest BCUT2D eigenvalue weighted by molar-refractivity contribution is 0.412. The van der Waals surface area contributed by atoms with Crippen LogP contribution in [-0.2, 0) is 13.1 Å². The van der Waals surface area contributed by atoms with Crippen LogP contribution >= 0.6 is 11.6 Å². The van der Waals surface area contributed by atoms with Crippen molar-refractivity contribution in [1.82, 2.24) is 18.7 Å². The second-order valence-corrected chi connectivity index (χ2v) is 8.47. The summed E-state index contributed by atoms with van der Waals surface area (Å²) >= 11 is 6.35. The molecule has 4 aromatic rings. The molecule has 0 saturated carbocycles. The summed E-state index contributed by atoms with van der Waals surface area (Å²) in [6, 6.07) is 14.7. The third kappa shape index (κ3) is 3.96. The maximum absolute atomic E-state index is 13.5. The van der Waals surface area contributed by atoms with Crippen LogP contribution in [0.1, 0.15) is 25.8 Å². The Morgan fingerprint density at radius 3 is 2.50 bits per heavy atom. The number of imidazole rings is 1. The van der Waals surface area contributed by atoms with Crippen LogP contribution in [0.25, 0.3) is 16.9 Å². The third-order valence-electron chi connectivity index (χ3n) is 5.45. The van der Waals surface area contributed by atoms with Crippen LogP contribution in [0.2, 0.25) is 5.02 Å². The van der Waals surface area contributed by atoms with Gasteiger partial charge in [-0.25, -0.2) is 14.3 Å². The average molecular weight is 453 g/mol. The Labute approximate surface area is 190 Å². The van der Waals surface area contributed by atoms with Gasteiger partial charge in [0, 0.05) is 11.6 Å². The Balaban J connectivity index is 2.01. The van der Waals surface area contributed by atoms with Gasteiger partial charge in [-0.1, -0.05) is 55.8 Å². The van der Waals surface area contributed by atoms with Gasteiger partial charge >= 0.3 is 5.69 Å². The predicted molar refractivity (Wildman–Crippen MR) is 126 cm³/mol. The van der Waals surface area contributed by atoms with E-state index in [4.69, 9.17) is 16.3 Å². The summed E-state index contributed by atoms with van der Waals surface area (Å²) in [5, 5.41) is 0.604. The lowest BCUT2D eigenvalue weighted by atomic mass is 10.1. The lowest BCUT2D eigenvalue weighted by Crippen LogP contribution is -2.40. The maximum atomic E-state index is 13.5. The quantitative estimate of drug-likeness (QED) is 0.423. The molecule has 0 unspecified atom stereocenters. The summed E-state index contributed by atoms with van der Waals surface area (Å²) < 4.78 is 9.99. The predicted octanol–water partition coefficient (Wildman–Crippen LogP) is 4.11. The number of aromatic nitrogens is 4. The molecule has 0 aliphatic heterocycles. The van der Waals surface area contributed by atoms with E-state index in [2.05, 4.69) is 18.8 Å². The Morgan fingerprint density at radius 2 is 1.78 bits per heavy atom. The molecule has 0 amide bonds. The molecule has 0 N–H and O–H groups in total. The van der Waals surface area contributed by atoms with E-state index in [0.717, 1.165) is 5.56 Å². The van der Waals surface area contributed by atoms with Crippen molar-refractivity contribution in [3.05, 3.63) is 86.3 Å². The Hall–Kier alpha value is -3.32. The molecule has 2 aromatic heterocycles. The number of hydrogen-bond donors (Lipinski definition) is 0. The van der Waals surface area contributed by atoms with Crippen LogP contribution < -0.4 is 16.0 Å². The number of benzene rings is 2. The highest BCUT2D eigenvalue weighted by Gasteiger charge is 2.21. The molecule has 0 aliphatic carbocycles. The van der Waals surface area contributed by atoms with Gasteiger partial charge in [-0.05, 0) is 36.1 Å². The van der Waals surface area contributed by atoms with Crippen molar-refractivity contribution in [2.75, 3.05) is 7.11 Å². The van der Waals surface area contributed by atoms with E-state index in [9.17, 15) is 9.59 Å². The number of methoxy groups -OCH3 is 1. The summed E-state index contributed by atoms with van der Waals surface area (Å²) in [7, 11) is 1.55. The second-order valence-electron chi connectivity index (χ2n) is 8.07. The largest absolute Gasteiger partial charge is 0.495 e. The molecule has 32 heavy (non-hydrogen) atoms. The minimum atomic E-state index is -0.435. The van der Waals surface area contributed by atoms with Gasteiger partial charge in [0.05, 0.1) is 25.7 Å². The first-order chi connectivity index (χ1) is 15.4. The van der Waals surface area contributed by atoms with E-state index in [0.29, 0.717) is 47.4 Å². The smallest absolute Gasteiger partial charge is 0.337 e. The fourth-order valence-electron chi connectivity index (χ4n) is 3.73. The standard InChI is InChI=1S/C24H25ClN4O3/c1-16(2)12-13-28-23(30)21-22(26-15-27(21)14-17-8-4-5-9-18(17)25)29(24(28)31)19-10-6-7-11-20(19)32-3/h4-11,15-16H,12-14H2,1-3H3. The molecule has 0 aliphatic rings. The molecule has 2 heterocycles. The number of halogens is 1.